The van der Waals surface area contributed by atoms with Gasteiger partial charge in [0.25, 0.3) is 12.4 Å². The first kappa shape index (κ1) is 26.2. The number of fused-ring (bicyclic) bond motifs is 1. The quantitative estimate of drug-likeness (QED) is 0.426. The highest BCUT2D eigenvalue weighted by Gasteiger charge is 2.44. The molecule has 0 radical (unpaired) electrons. The molecule has 0 unspecified atom stereocenters. The Kier molecular flexibility index (Phi) is 8.87. The smallest absolute Gasteiger partial charge is 0.412 e. The van der Waals surface area contributed by atoms with Crippen LogP contribution < -0.4 is 4.90 Å². The highest BCUT2D eigenvalue weighted by atomic mass is 35.5. The zero-order valence-electron chi connectivity index (χ0n) is 19.0. The minimum Gasteiger partial charge on any atom is -0.435 e. The molecule has 2 aliphatic rings. The number of aliphatic hydroxyl groups excluding tert-OH is 2. The van der Waals surface area contributed by atoms with Crippen molar-refractivity contribution in [1.82, 2.24) is 24.8 Å². The van der Waals surface area contributed by atoms with Crippen molar-refractivity contribution < 1.29 is 34.1 Å². The lowest BCUT2D eigenvalue weighted by atomic mass is 10.3. The number of rotatable bonds is 5. The van der Waals surface area contributed by atoms with Gasteiger partial charge in [0.05, 0.1) is 5.02 Å². The Hall–Kier alpha value is -3.39. The van der Waals surface area contributed by atoms with Gasteiger partial charge >= 0.3 is 6.09 Å². The normalized spacial score (nSPS) is 19.2. The SMILES string of the molecule is CN1CCN(C(=O)O[C@H]2c3nccnc3C(=O)N2c2ccc(Cl)cn2)CC1.C[C@@H](O)[C@H](O)OC=O. The van der Waals surface area contributed by atoms with Crippen molar-refractivity contribution in [1.29, 1.82) is 0 Å². The van der Waals surface area contributed by atoms with Crippen LogP contribution in [0.2, 0.25) is 5.02 Å². The first-order chi connectivity index (χ1) is 16.7. The van der Waals surface area contributed by atoms with Crippen molar-refractivity contribution in [2.24, 2.45) is 0 Å². The van der Waals surface area contributed by atoms with Gasteiger partial charge < -0.3 is 29.5 Å². The monoisotopic (exact) mass is 508 g/mol. The minimum absolute atomic E-state index is 0.0807. The molecule has 14 heteroatoms. The fraction of sp³-hybridized carbons (Fsp3) is 0.429. The average molecular weight is 509 g/mol. The van der Waals surface area contributed by atoms with E-state index in [4.69, 9.17) is 26.6 Å². The number of halogens is 1. The molecule has 2 aliphatic heterocycles. The van der Waals surface area contributed by atoms with Crippen molar-refractivity contribution in [3.8, 4) is 0 Å². The Morgan fingerprint density at radius 2 is 1.86 bits per heavy atom. The maximum absolute atomic E-state index is 12.8. The summed E-state index contributed by atoms with van der Waals surface area (Å²) in [5, 5.41) is 17.3. The first-order valence-corrected chi connectivity index (χ1v) is 11.0. The third kappa shape index (κ3) is 6.39. The number of aliphatic hydroxyl groups is 2. The van der Waals surface area contributed by atoms with Gasteiger partial charge in [-0.2, -0.15) is 0 Å². The van der Waals surface area contributed by atoms with Gasteiger partial charge in [0.2, 0.25) is 12.5 Å². The number of pyridine rings is 1. The van der Waals surface area contributed by atoms with E-state index in [1.54, 1.807) is 17.0 Å². The van der Waals surface area contributed by atoms with Gasteiger partial charge in [-0.15, -0.1) is 0 Å². The molecule has 2 aromatic heterocycles. The minimum atomic E-state index is -1.40. The van der Waals surface area contributed by atoms with Crippen LogP contribution in [-0.2, 0) is 14.3 Å². The highest BCUT2D eigenvalue weighted by Crippen LogP contribution is 2.35. The molecule has 4 rings (SSSR count). The molecule has 0 aliphatic carbocycles. The van der Waals surface area contributed by atoms with Crippen molar-refractivity contribution in [3.05, 3.63) is 47.1 Å². The van der Waals surface area contributed by atoms with Crippen molar-refractivity contribution in [2.45, 2.75) is 25.5 Å². The number of hydrogen-bond donors (Lipinski definition) is 2. The summed E-state index contributed by atoms with van der Waals surface area (Å²) < 4.78 is 9.61. The fourth-order valence-corrected chi connectivity index (χ4v) is 3.32. The summed E-state index contributed by atoms with van der Waals surface area (Å²) in [6.45, 7) is 4.03. The van der Waals surface area contributed by atoms with Crippen LogP contribution in [0.15, 0.2) is 30.7 Å². The number of carbonyl (C=O) groups excluding carboxylic acids is 3. The molecule has 2 amide bonds. The molecule has 188 valence electrons. The second kappa shape index (κ2) is 11.8. The largest absolute Gasteiger partial charge is 0.435 e. The van der Waals surface area contributed by atoms with Gasteiger partial charge in [-0.3, -0.25) is 14.6 Å². The summed E-state index contributed by atoms with van der Waals surface area (Å²) in [6.07, 6.45) is 0.359. The first-order valence-electron chi connectivity index (χ1n) is 10.6. The molecular weight excluding hydrogens is 484 g/mol. The average Bonchev–Trinajstić information content (AvgIpc) is 3.12. The van der Waals surface area contributed by atoms with Gasteiger partial charge in [0, 0.05) is 44.8 Å². The predicted octanol–water partition coefficient (Wildman–Crippen LogP) is 0.427. The zero-order chi connectivity index (χ0) is 25.5. The number of likely N-dealkylation sites (N-methyl/N-ethyl adjacent to an activating group) is 1. The van der Waals surface area contributed by atoms with Gasteiger partial charge in [-0.05, 0) is 26.1 Å². The molecule has 2 aromatic rings. The Morgan fingerprint density at radius 1 is 1.17 bits per heavy atom. The summed E-state index contributed by atoms with van der Waals surface area (Å²) in [4.78, 5) is 52.4. The standard InChI is InChI=1S/C17H17ClN6O3.C4H8O4/c1-22-6-8-23(9-7-22)17(26)27-16-14-13(19-4-5-20-14)15(25)24(16)12-3-2-11(18)10-21-12;1-3(6)4(7)8-2-5/h2-5,10,16H,6-9H2,1H3;2-4,6-7H,1H3/t16-;3-,4-/m01/s1. The number of amides is 2. The molecule has 0 spiro atoms. The second-order valence-corrected chi connectivity index (χ2v) is 8.13. The third-order valence-corrected chi connectivity index (χ3v) is 5.38. The molecule has 35 heavy (non-hydrogen) atoms. The lowest BCUT2D eigenvalue weighted by Gasteiger charge is -2.33. The van der Waals surface area contributed by atoms with Crippen LogP contribution in [-0.4, -0.2) is 99.1 Å². The molecule has 1 fully saturated rings. The number of aromatic nitrogens is 3. The lowest BCUT2D eigenvalue weighted by Crippen LogP contribution is -2.48. The van der Waals surface area contributed by atoms with E-state index in [1.807, 2.05) is 7.05 Å². The fourth-order valence-electron chi connectivity index (χ4n) is 3.21. The lowest BCUT2D eigenvalue weighted by molar-refractivity contribution is -0.169. The van der Waals surface area contributed by atoms with Crippen LogP contribution in [0.5, 0.6) is 0 Å². The van der Waals surface area contributed by atoms with Crippen molar-refractivity contribution in [2.75, 3.05) is 38.1 Å². The van der Waals surface area contributed by atoms with Crippen LogP contribution in [0.3, 0.4) is 0 Å². The molecule has 0 bridgehead atoms. The number of nitrogens with zero attached hydrogens (tertiary/aromatic N) is 6. The van der Waals surface area contributed by atoms with Gasteiger partial charge in [-0.25, -0.2) is 19.7 Å². The van der Waals surface area contributed by atoms with E-state index in [0.717, 1.165) is 13.1 Å². The molecule has 4 heterocycles. The van der Waals surface area contributed by atoms with E-state index >= 15 is 0 Å². The topological polar surface area (TPSA) is 159 Å². The number of anilines is 1. The number of hydrogen-bond acceptors (Lipinski definition) is 11. The van der Waals surface area contributed by atoms with E-state index in [0.29, 0.717) is 29.6 Å². The van der Waals surface area contributed by atoms with Crippen LogP contribution in [0.1, 0.15) is 29.3 Å². The molecule has 0 aromatic carbocycles. The molecule has 1 saturated heterocycles. The Labute approximate surface area is 205 Å². The predicted molar refractivity (Wildman–Crippen MR) is 121 cm³/mol. The maximum Gasteiger partial charge on any atom is 0.412 e. The van der Waals surface area contributed by atoms with E-state index in [9.17, 15) is 14.4 Å². The number of piperazine rings is 1. The summed E-state index contributed by atoms with van der Waals surface area (Å²) >= 11 is 5.89. The van der Waals surface area contributed by atoms with Gasteiger partial charge in [-0.1, -0.05) is 11.6 Å². The molecule has 0 saturated carbocycles. The highest BCUT2D eigenvalue weighted by molar-refractivity contribution is 6.30. The number of carbonyl (C=O) groups is 3. The Balaban J connectivity index is 0.000000371. The van der Waals surface area contributed by atoms with Crippen molar-refractivity contribution >= 4 is 35.9 Å². The van der Waals surface area contributed by atoms with Gasteiger partial charge in [0.1, 0.15) is 17.6 Å². The Morgan fingerprint density at radius 3 is 2.43 bits per heavy atom. The van der Waals surface area contributed by atoms with Crippen LogP contribution in [0.4, 0.5) is 10.6 Å². The second-order valence-electron chi connectivity index (χ2n) is 7.69. The molecule has 2 N–H and O–H groups in total. The zero-order valence-corrected chi connectivity index (χ0v) is 19.8. The van der Waals surface area contributed by atoms with E-state index in [2.05, 4.69) is 24.6 Å². The molecular formula is C21H25ClN6O7. The third-order valence-electron chi connectivity index (χ3n) is 5.16. The molecule has 3 atom stereocenters. The summed E-state index contributed by atoms with van der Waals surface area (Å²) in [5.74, 6) is -0.121. The summed E-state index contributed by atoms with van der Waals surface area (Å²) in [7, 11) is 2.00. The number of ether oxygens (including phenoxy) is 2. The van der Waals surface area contributed by atoms with Gasteiger partial charge in [0.15, 0.2) is 5.69 Å². The van der Waals surface area contributed by atoms with E-state index in [-0.39, 0.29) is 12.2 Å². The van der Waals surface area contributed by atoms with Crippen LogP contribution >= 0.6 is 11.6 Å². The van der Waals surface area contributed by atoms with Crippen LogP contribution in [0.25, 0.3) is 0 Å². The van der Waals surface area contributed by atoms with Crippen LogP contribution in [0, 0.1) is 0 Å². The van der Waals surface area contributed by atoms with E-state index in [1.165, 1.54) is 30.4 Å². The Bertz CT molecular complexity index is 1030. The molecule has 13 nitrogen and oxygen atoms in total. The van der Waals surface area contributed by atoms with Crippen molar-refractivity contribution in [3.63, 3.8) is 0 Å². The maximum atomic E-state index is 12.8. The summed E-state index contributed by atoms with van der Waals surface area (Å²) in [5.41, 5.74) is 0.437. The summed E-state index contributed by atoms with van der Waals surface area (Å²) in [6, 6.07) is 3.20. The van der Waals surface area contributed by atoms with E-state index < -0.39 is 30.6 Å².